The minimum atomic E-state index is 0.710. The molecule has 82 valence electrons. The summed E-state index contributed by atoms with van der Waals surface area (Å²) in [5, 5.41) is 3.69. The summed E-state index contributed by atoms with van der Waals surface area (Å²) in [6.45, 7) is 8.45. The molecule has 0 aromatic carbocycles. The molecule has 2 unspecified atom stereocenters. The maximum Gasteiger partial charge on any atom is 0.0164 e. The Kier molecular flexibility index (Phi) is 2.88. The third-order valence-electron chi connectivity index (χ3n) is 4.76. The van der Waals surface area contributed by atoms with E-state index in [1.54, 1.807) is 0 Å². The van der Waals surface area contributed by atoms with Gasteiger partial charge in [-0.3, -0.25) is 0 Å². The fraction of sp³-hybridized carbons (Fsp3) is 1.00. The van der Waals surface area contributed by atoms with Crippen molar-refractivity contribution in [3.05, 3.63) is 0 Å². The Morgan fingerprint density at radius 2 is 1.71 bits per heavy atom. The fourth-order valence-electron chi connectivity index (χ4n) is 3.38. The maximum atomic E-state index is 3.69. The van der Waals surface area contributed by atoms with Gasteiger partial charge in [-0.2, -0.15) is 0 Å². The zero-order valence-corrected chi connectivity index (χ0v) is 9.97. The van der Waals surface area contributed by atoms with Gasteiger partial charge in [-0.1, -0.05) is 40.0 Å². The van der Waals surface area contributed by atoms with Crippen LogP contribution in [0.3, 0.4) is 0 Å². The van der Waals surface area contributed by atoms with Gasteiger partial charge in [-0.05, 0) is 30.1 Å². The van der Waals surface area contributed by atoms with Crippen molar-refractivity contribution in [1.29, 1.82) is 0 Å². The molecule has 1 heterocycles. The lowest BCUT2D eigenvalue weighted by molar-refractivity contribution is -0.00499. The summed E-state index contributed by atoms with van der Waals surface area (Å²) in [5.41, 5.74) is 0.710. The Balaban J connectivity index is 1.99. The molecule has 2 fully saturated rings. The zero-order valence-electron chi connectivity index (χ0n) is 9.97. The molecule has 0 radical (unpaired) electrons. The van der Waals surface area contributed by atoms with Gasteiger partial charge in [-0.25, -0.2) is 0 Å². The van der Waals surface area contributed by atoms with Gasteiger partial charge in [-0.15, -0.1) is 0 Å². The van der Waals surface area contributed by atoms with Crippen molar-refractivity contribution in [2.24, 2.45) is 17.3 Å². The minimum Gasteiger partial charge on any atom is -0.312 e. The van der Waals surface area contributed by atoms with Crippen LogP contribution >= 0.6 is 0 Å². The highest BCUT2D eigenvalue weighted by Gasteiger charge is 2.49. The Bertz CT molecular complexity index is 191. The SMILES string of the molecule is CC(C)C(C)C1NCC12CCCCC2. The molecular formula is C13H25N. The first-order chi connectivity index (χ1) is 6.66. The highest BCUT2D eigenvalue weighted by molar-refractivity contribution is 5.05. The van der Waals surface area contributed by atoms with E-state index in [4.69, 9.17) is 0 Å². The lowest BCUT2D eigenvalue weighted by Crippen LogP contribution is -2.66. The smallest absolute Gasteiger partial charge is 0.0164 e. The van der Waals surface area contributed by atoms with Crippen molar-refractivity contribution in [1.82, 2.24) is 5.32 Å². The molecule has 0 amide bonds. The van der Waals surface area contributed by atoms with Gasteiger partial charge in [0.15, 0.2) is 0 Å². The second-order valence-corrected chi connectivity index (χ2v) is 5.88. The van der Waals surface area contributed by atoms with Crippen LogP contribution in [0.4, 0.5) is 0 Å². The molecule has 0 aromatic rings. The predicted molar refractivity (Wildman–Crippen MR) is 61.3 cm³/mol. The van der Waals surface area contributed by atoms with E-state index in [9.17, 15) is 0 Å². The lowest BCUT2D eigenvalue weighted by Gasteiger charge is -2.56. The molecule has 2 aliphatic rings. The summed E-state index contributed by atoms with van der Waals surface area (Å²) in [6, 6.07) is 0.822. The van der Waals surface area contributed by atoms with Crippen molar-refractivity contribution in [3.8, 4) is 0 Å². The summed E-state index contributed by atoms with van der Waals surface area (Å²) in [5.74, 6) is 1.67. The van der Waals surface area contributed by atoms with Crippen molar-refractivity contribution < 1.29 is 0 Å². The Morgan fingerprint density at radius 3 is 2.14 bits per heavy atom. The second kappa shape index (κ2) is 3.84. The summed E-state index contributed by atoms with van der Waals surface area (Å²) in [7, 11) is 0. The number of hydrogen-bond donors (Lipinski definition) is 1. The average molecular weight is 195 g/mol. The van der Waals surface area contributed by atoms with E-state index in [0.717, 1.165) is 17.9 Å². The maximum absolute atomic E-state index is 3.69. The van der Waals surface area contributed by atoms with Crippen LogP contribution in [0.1, 0.15) is 52.9 Å². The molecule has 1 saturated carbocycles. The normalized spacial score (nSPS) is 33.0. The fourth-order valence-corrected chi connectivity index (χ4v) is 3.38. The molecule has 1 saturated heterocycles. The van der Waals surface area contributed by atoms with Gasteiger partial charge in [0.2, 0.25) is 0 Å². The van der Waals surface area contributed by atoms with E-state index in [-0.39, 0.29) is 0 Å². The summed E-state index contributed by atoms with van der Waals surface area (Å²) in [4.78, 5) is 0. The van der Waals surface area contributed by atoms with Crippen molar-refractivity contribution in [2.45, 2.75) is 58.9 Å². The largest absolute Gasteiger partial charge is 0.312 e. The molecule has 1 aliphatic heterocycles. The van der Waals surface area contributed by atoms with Crippen LogP contribution in [0.15, 0.2) is 0 Å². The highest BCUT2D eigenvalue weighted by Crippen LogP contribution is 2.47. The van der Waals surface area contributed by atoms with Crippen LogP contribution in [0.5, 0.6) is 0 Å². The van der Waals surface area contributed by atoms with Crippen LogP contribution in [0, 0.1) is 17.3 Å². The van der Waals surface area contributed by atoms with Gasteiger partial charge < -0.3 is 5.32 Å². The molecule has 1 nitrogen and oxygen atoms in total. The molecule has 0 aromatic heterocycles. The van der Waals surface area contributed by atoms with Crippen molar-refractivity contribution in [2.75, 3.05) is 6.54 Å². The number of nitrogens with one attached hydrogen (secondary N) is 1. The molecule has 1 heteroatoms. The van der Waals surface area contributed by atoms with E-state index in [1.165, 1.54) is 38.6 Å². The van der Waals surface area contributed by atoms with E-state index in [2.05, 4.69) is 26.1 Å². The first kappa shape index (κ1) is 10.5. The molecule has 14 heavy (non-hydrogen) atoms. The Hall–Kier alpha value is -0.0400. The van der Waals surface area contributed by atoms with E-state index in [1.807, 2.05) is 0 Å². The topological polar surface area (TPSA) is 12.0 Å². The van der Waals surface area contributed by atoms with Gasteiger partial charge >= 0.3 is 0 Å². The second-order valence-electron chi connectivity index (χ2n) is 5.88. The van der Waals surface area contributed by atoms with Crippen LogP contribution in [-0.2, 0) is 0 Å². The molecule has 2 atom stereocenters. The van der Waals surface area contributed by atoms with E-state index in [0.29, 0.717) is 5.41 Å². The van der Waals surface area contributed by atoms with Crippen LogP contribution < -0.4 is 5.32 Å². The molecular weight excluding hydrogens is 170 g/mol. The van der Waals surface area contributed by atoms with Crippen LogP contribution in [0.25, 0.3) is 0 Å². The van der Waals surface area contributed by atoms with Crippen molar-refractivity contribution >= 4 is 0 Å². The van der Waals surface area contributed by atoms with E-state index >= 15 is 0 Å². The van der Waals surface area contributed by atoms with Gasteiger partial charge in [0, 0.05) is 12.6 Å². The predicted octanol–water partition coefficient (Wildman–Crippen LogP) is 3.20. The minimum absolute atomic E-state index is 0.710. The monoisotopic (exact) mass is 195 g/mol. The third kappa shape index (κ3) is 1.60. The van der Waals surface area contributed by atoms with Crippen LogP contribution in [0.2, 0.25) is 0 Å². The summed E-state index contributed by atoms with van der Waals surface area (Å²) >= 11 is 0. The highest BCUT2D eigenvalue weighted by atomic mass is 15.1. The average Bonchev–Trinajstić information content (AvgIpc) is 2.17. The molecule has 1 aliphatic carbocycles. The van der Waals surface area contributed by atoms with Gasteiger partial charge in [0.05, 0.1) is 0 Å². The van der Waals surface area contributed by atoms with Crippen molar-refractivity contribution in [3.63, 3.8) is 0 Å². The van der Waals surface area contributed by atoms with Gasteiger partial charge in [0.1, 0.15) is 0 Å². The lowest BCUT2D eigenvalue weighted by atomic mass is 9.59. The quantitative estimate of drug-likeness (QED) is 0.713. The number of hydrogen-bond acceptors (Lipinski definition) is 1. The Morgan fingerprint density at radius 1 is 1.07 bits per heavy atom. The van der Waals surface area contributed by atoms with Crippen LogP contribution in [-0.4, -0.2) is 12.6 Å². The molecule has 1 spiro atoms. The molecule has 2 rings (SSSR count). The van der Waals surface area contributed by atoms with E-state index < -0.39 is 0 Å². The summed E-state index contributed by atoms with van der Waals surface area (Å²) in [6.07, 6.45) is 7.40. The Labute approximate surface area is 88.7 Å². The van der Waals surface area contributed by atoms with Gasteiger partial charge in [0.25, 0.3) is 0 Å². The standard InChI is InChI=1S/C13H25N/c1-10(2)11(3)12-13(9-14-12)7-5-4-6-8-13/h10-12,14H,4-9H2,1-3H3. The zero-order chi connectivity index (χ0) is 10.2. The first-order valence-corrected chi connectivity index (χ1v) is 6.39. The summed E-state index contributed by atoms with van der Waals surface area (Å²) < 4.78 is 0. The first-order valence-electron chi connectivity index (χ1n) is 6.39. The number of rotatable bonds is 2. The third-order valence-corrected chi connectivity index (χ3v) is 4.76. The molecule has 1 N–H and O–H groups in total. The molecule has 0 bridgehead atoms.